The Bertz CT molecular complexity index is 574. The summed E-state index contributed by atoms with van der Waals surface area (Å²) < 4.78 is 0. The number of nitrogens with zero attached hydrogens (tertiary/aromatic N) is 4. The predicted octanol–water partition coefficient (Wildman–Crippen LogP) is 2.76. The van der Waals surface area contributed by atoms with E-state index in [1.807, 2.05) is 6.92 Å². The van der Waals surface area contributed by atoms with Gasteiger partial charge in [0.2, 0.25) is 0 Å². The Hall–Kier alpha value is -1.65. The van der Waals surface area contributed by atoms with E-state index in [0.29, 0.717) is 5.15 Å². The molecule has 1 saturated heterocycles. The van der Waals surface area contributed by atoms with Gasteiger partial charge in [0.15, 0.2) is 0 Å². The molecule has 110 valence electrons. The number of rotatable bonds is 3. The van der Waals surface area contributed by atoms with Crippen molar-refractivity contribution in [1.82, 2.24) is 14.9 Å². The molecule has 0 unspecified atom stereocenters. The van der Waals surface area contributed by atoms with Crippen LogP contribution in [0.1, 0.15) is 11.5 Å². The van der Waals surface area contributed by atoms with Crippen LogP contribution in [0.3, 0.4) is 0 Å². The maximum Gasteiger partial charge on any atom is 0.144 e. The lowest BCUT2D eigenvalue weighted by Crippen LogP contribution is -2.46. The van der Waals surface area contributed by atoms with Crippen LogP contribution >= 0.6 is 11.6 Å². The zero-order valence-corrected chi connectivity index (χ0v) is 12.9. The van der Waals surface area contributed by atoms with Crippen LogP contribution in [0.4, 0.5) is 5.69 Å². The van der Waals surface area contributed by atoms with E-state index in [2.05, 4.69) is 50.1 Å². The highest BCUT2D eigenvalue weighted by Crippen LogP contribution is 2.16. The zero-order valence-electron chi connectivity index (χ0n) is 12.2. The van der Waals surface area contributed by atoms with E-state index in [9.17, 15) is 0 Å². The number of hydrogen-bond donors (Lipinski definition) is 0. The lowest BCUT2D eigenvalue weighted by atomic mass is 10.2. The minimum atomic E-state index is 0.528. The molecule has 1 fully saturated rings. The Balaban J connectivity index is 1.58. The molecule has 0 aliphatic carbocycles. The van der Waals surface area contributed by atoms with E-state index in [1.165, 1.54) is 5.69 Å². The Morgan fingerprint density at radius 3 is 2.43 bits per heavy atom. The third-order valence-electron chi connectivity index (χ3n) is 3.73. The fraction of sp³-hybridized carbons (Fsp3) is 0.375. The summed E-state index contributed by atoms with van der Waals surface area (Å²) >= 11 is 5.99. The smallest absolute Gasteiger partial charge is 0.144 e. The molecule has 0 N–H and O–H groups in total. The summed E-state index contributed by atoms with van der Waals surface area (Å²) in [6.07, 6.45) is 0. The van der Waals surface area contributed by atoms with Crippen LogP contribution < -0.4 is 4.90 Å². The van der Waals surface area contributed by atoms with Crippen LogP contribution in [0.15, 0.2) is 36.4 Å². The van der Waals surface area contributed by atoms with E-state index in [-0.39, 0.29) is 0 Å². The van der Waals surface area contributed by atoms with E-state index in [1.54, 1.807) is 6.07 Å². The van der Waals surface area contributed by atoms with Crippen molar-refractivity contribution in [2.75, 3.05) is 31.1 Å². The number of piperazine rings is 1. The first kappa shape index (κ1) is 14.3. The maximum absolute atomic E-state index is 5.99. The second-order valence-corrected chi connectivity index (χ2v) is 5.73. The molecule has 2 heterocycles. The average molecular weight is 303 g/mol. The molecule has 1 aliphatic rings. The second kappa shape index (κ2) is 6.41. The topological polar surface area (TPSA) is 32.3 Å². The van der Waals surface area contributed by atoms with Gasteiger partial charge in [-0.05, 0) is 25.1 Å². The van der Waals surface area contributed by atoms with Crippen molar-refractivity contribution in [3.63, 3.8) is 0 Å². The zero-order chi connectivity index (χ0) is 14.7. The van der Waals surface area contributed by atoms with Gasteiger partial charge in [-0.3, -0.25) is 4.90 Å². The van der Waals surface area contributed by atoms with E-state index >= 15 is 0 Å². The molecule has 1 aromatic heterocycles. The first-order chi connectivity index (χ1) is 10.2. The first-order valence-electron chi connectivity index (χ1n) is 7.23. The van der Waals surface area contributed by atoms with Gasteiger partial charge in [-0.25, -0.2) is 9.97 Å². The quantitative estimate of drug-likeness (QED) is 0.816. The molecule has 0 atom stereocenters. The summed E-state index contributed by atoms with van der Waals surface area (Å²) in [6.45, 7) is 6.81. The predicted molar refractivity (Wildman–Crippen MR) is 85.7 cm³/mol. The third kappa shape index (κ3) is 3.71. The summed E-state index contributed by atoms with van der Waals surface area (Å²) in [6, 6.07) is 12.4. The molecule has 3 rings (SSSR count). The van der Waals surface area contributed by atoms with Gasteiger partial charge in [0, 0.05) is 37.6 Å². The summed E-state index contributed by atoms with van der Waals surface area (Å²) in [5.41, 5.74) is 2.22. The number of benzene rings is 1. The van der Waals surface area contributed by atoms with Gasteiger partial charge in [0.05, 0.1) is 6.54 Å². The fourth-order valence-corrected chi connectivity index (χ4v) is 2.92. The fourth-order valence-electron chi connectivity index (χ4n) is 2.66. The first-order valence-corrected chi connectivity index (χ1v) is 7.61. The Morgan fingerprint density at radius 2 is 1.76 bits per heavy atom. The minimum absolute atomic E-state index is 0.528. The van der Waals surface area contributed by atoms with Crippen LogP contribution in [-0.2, 0) is 6.54 Å². The lowest BCUT2D eigenvalue weighted by molar-refractivity contribution is 0.244. The van der Waals surface area contributed by atoms with E-state index in [4.69, 9.17) is 11.6 Å². The van der Waals surface area contributed by atoms with Gasteiger partial charge < -0.3 is 4.90 Å². The number of aryl methyl sites for hydroxylation is 1. The second-order valence-electron chi connectivity index (χ2n) is 5.35. The molecule has 1 aliphatic heterocycles. The Kier molecular flexibility index (Phi) is 4.36. The third-order valence-corrected chi connectivity index (χ3v) is 3.92. The summed E-state index contributed by atoms with van der Waals surface area (Å²) in [7, 11) is 0. The molecule has 21 heavy (non-hydrogen) atoms. The van der Waals surface area contributed by atoms with Gasteiger partial charge >= 0.3 is 0 Å². The van der Waals surface area contributed by atoms with E-state index < -0.39 is 0 Å². The monoisotopic (exact) mass is 302 g/mol. The van der Waals surface area contributed by atoms with Crippen LogP contribution in [0.2, 0.25) is 5.15 Å². The van der Waals surface area contributed by atoms with Crippen molar-refractivity contribution in [1.29, 1.82) is 0 Å². The standard InChI is InChI=1S/C16H19ClN4/c1-13-11-15(17)19-16(18-13)12-20-7-9-21(10-8-20)14-5-3-2-4-6-14/h2-6,11H,7-10,12H2,1H3. The lowest BCUT2D eigenvalue weighted by Gasteiger charge is -2.35. The molecule has 4 nitrogen and oxygen atoms in total. The van der Waals surface area contributed by atoms with Crippen molar-refractivity contribution < 1.29 is 0 Å². The van der Waals surface area contributed by atoms with Crippen molar-refractivity contribution in [3.05, 3.63) is 53.1 Å². The van der Waals surface area contributed by atoms with Crippen molar-refractivity contribution in [2.24, 2.45) is 0 Å². The van der Waals surface area contributed by atoms with E-state index in [0.717, 1.165) is 44.2 Å². The number of halogens is 1. The SMILES string of the molecule is Cc1cc(Cl)nc(CN2CCN(c3ccccc3)CC2)n1. The molecule has 0 bridgehead atoms. The maximum atomic E-state index is 5.99. The van der Waals surface area contributed by atoms with Gasteiger partial charge in [-0.15, -0.1) is 0 Å². The van der Waals surface area contributed by atoms with Crippen LogP contribution in [0.25, 0.3) is 0 Å². The Morgan fingerprint density at radius 1 is 1.05 bits per heavy atom. The van der Waals surface area contributed by atoms with Gasteiger partial charge in [0.1, 0.15) is 11.0 Å². The number of anilines is 1. The average Bonchev–Trinajstić information content (AvgIpc) is 2.48. The molecule has 0 saturated carbocycles. The largest absolute Gasteiger partial charge is 0.369 e. The molecule has 0 amide bonds. The molecule has 1 aromatic carbocycles. The van der Waals surface area contributed by atoms with Crippen LogP contribution in [-0.4, -0.2) is 41.0 Å². The highest BCUT2D eigenvalue weighted by Gasteiger charge is 2.18. The molecular formula is C16H19ClN4. The number of hydrogen-bond acceptors (Lipinski definition) is 4. The summed E-state index contributed by atoms with van der Waals surface area (Å²) in [4.78, 5) is 13.6. The summed E-state index contributed by atoms with van der Waals surface area (Å²) in [5.74, 6) is 0.813. The molecule has 5 heteroatoms. The highest BCUT2D eigenvalue weighted by atomic mass is 35.5. The van der Waals surface area contributed by atoms with Crippen LogP contribution in [0, 0.1) is 6.92 Å². The van der Waals surface area contributed by atoms with Crippen molar-refractivity contribution in [2.45, 2.75) is 13.5 Å². The molecule has 0 radical (unpaired) electrons. The molecule has 2 aromatic rings. The van der Waals surface area contributed by atoms with Gasteiger partial charge in [0.25, 0.3) is 0 Å². The summed E-state index contributed by atoms with van der Waals surface area (Å²) in [5, 5.41) is 0.528. The number of para-hydroxylation sites is 1. The molecule has 0 spiro atoms. The molecular weight excluding hydrogens is 284 g/mol. The minimum Gasteiger partial charge on any atom is -0.369 e. The van der Waals surface area contributed by atoms with Gasteiger partial charge in [-0.2, -0.15) is 0 Å². The Labute approximate surface area is 130 Å². The number of aromatic nitrogens is 2. The van der Waals surface area contributed by atoms with Crippen LogP contribution in [0.5, 0.6) is 0 Å². The normalized spacial score (nSPS) is 16.2. The van der Waals surface area contributed by atoms with Crippen molar-refractivity contribution in [3.8, 4) is 0 Å². The van der Waals surface area contributed by atoms with Gasteiger partial charge in [-0.1, -0.05) is 29.8 Å². The highest BCUT2D eigenvalue weighted by molar-refractivity contribution is 6.29. The van der Waals surface area contributed by atoms with Crippen molar-refractivity contribution >= 4 is 17.3 Å².